The molecule has 6 heteroatoms. The van der Waals surface area contributed by atoms with Gasteiger partial charge in [-0.15, -0.1) is 0 Å². The first-order valence-corrected chi connectivity index (χ1v) is 9.12. The van der Waals surface area contributed by atoms with Gasteiger partial charge in [0.05, 0.1) is 0 Å². The third kappa shape index (κ3) is 3.43. The van der Waals surface area contributed by atoms with E-state index in [1.54, 1.807) is 30.1 Å². The predicted molar refractivity (Wildman–Crippen MR) is 107 cm³/mol. The van der Waals surface area contributed by atoms with Crippen molar-refractivity contribution in [2.24, 2.45) is 0 Å². The number of nitrogens with zero attached hydrogens (tertiary/aromatic N) is 2. The maximum absolute atomic E-state index is 13.0. The van der Waals surface area contributed by atoms with Gasteiger partial charge in [0.15, 0.2) is 6.21 Å². The molecule has 2 aromatic rings. The van der Waals surface area contributed by atoms with Gasteiger partial charge in [0.1, 0.15) is 9.07 Å². The number of thioether (sulfide) groups is 1. The van der Waals surface area contributed by atoms with Gasteiger partial charge in [-0.05, 0) is 50.2 Å². The molecule has 1 aliphatic rings. The Balaban J connectivity index is 2.01. The largest absolute Gasteiger partial charge is 0.622 e. The van der Waals surface area contributed by atoms with Gasteiger partial charge in [-0.2, -0.15) is 4.74 Å². The van der Waals surface area contributed by atoms with Crippen LogP contribution in [-0.4, -0.2) is 26.2 Å². The topological polar surface area (TPSA) is 29.3 Å². The van der Waals surface area contributed by atoms with Gasteiger partial charge in [0, 0.05) is 16.3 Å². The summed E-state index contributed by atoms with van der Waals surface area (Å²) in [4.78, 5) is 1.93. The Morgan fingerprint density at radius 3 is 2.42 bits per heavy atom. The van der Waals surface area contributed by atoms with E-state index < -0.39 is 6.17 Å². The summed E-state index contributed by atoms with van der Waals surface area (Å²) in [5.41, 5.74) is 1.73. The number of benzene rings is 2. The molecular formula is C18H17ClN2OS2. The molecule has 1 aliphatic heterocycles. The van der Waals surface area contributed by atoms with E-state index in [1.165, 1.54) is 0 Å². The molecule has 0 aromatic heterocycles. The van der Waals surface area contributed by atoms with Crippen LogP contribution in [0.15, 0.2) is 54.6 Å². The summed E-state index contributed by atoms with van der Waals surface area (Å²) in [5, 5.41) is 13.6. The Bertz CT molecular complexity index is 775. The van der Waals surface area contributed by atoms with Crippen molar-refractivity contribution < 1.29 is 4.74 Å². The lowest BCUT2D eigenvalue weighted by Crippen LogP contribution is -2.48. The van der Waals surface area contributed by atoms with Gasteiger partial charge in [-0.3, -0.25) is 4.90 Å². The molecular weight excluding hydrogens is 360 g/mol. The standard InChI is InChI=1S/C18H17ClN2OS2/c1-18(2)16(20(22)12-13-8-10-14(19)11-9-13)21(17(23)24-18)15-6-4-3-5-7-15/h3-12,16H,1-2H3/b20-12-/t16-/m0/s1. The number of halogens is 1. The summed E-state index contributed by atoms with van der Waals surface area (Å²) in [7, 11) is 0. The number of hydroxylamine groups is 1. The van der Waals surface area contributed by atoms with Gasteiger partial charge in [0.25, 0.3) is 6.17 Å². The summed E-state index contributed by atoms with van der Waals surface area (Å²) in [5.74, 6) is 0. The Labute approximate surface area is 156 Å². The highest BCUT2D eigenvalue weighted by molar-refractivity contribution is 8.24. The first-order valence-electron chi connectivity index (χ1n) is 7.52. The molecule has 0 spiro atoms. The molecule has 1 atom stereocenters. The molecule has 1 fully saturated rings. The van der Waals surface area contributed by atoms with Crippen LogP contribution in [0.25, 0.3) is 0 Å². The molecule has 1 heterocycles. The van der Waals surface area contributed by atoms with E-state index in [0.29, 0.717) is 9.34 Å². The number of hydrogen-bond acceptors (Lipinski definition) is 3. The molecule has 0 N–H and O–H groups in total. The smallest absolute Gasteiger partial charge is 0.258 e. The van der Waals surface area contributed by atoms with Crippen molar-refractivity contribution in [2.75, 3.05) is 4.90 Å². The average Bonchev–Trinajstić information content (AvgIpc) is 2.79. The van der Waals surface area contributed by atoms with E-state index in [9.17, 15) is 5.21 Å². The van der Waals surface area contributed by atoms with Crippen LogP contribution in [0.2, 0.25) is 5.02 Å². The van der Waals surface area contributed by atoms with E-state index in [2.05, 4.69) is 0 Å². The van der Waals surface area contributed by atoms with E-state index >= 15 is 0 Å². The van der Waals surface area contributed by atoms with Crippen LogP contribution in [0.4, 0.5) is 5.69 Å². The summed E-state index contributed by atoms with van der Waals surface area (Å²) < 4.78 is 1.36. The zero-order valence-corrected chi connectivity index (χ0v) is 15.7. The van der Waals surface area contributed by atoms with Gasteiger partial charge in [-0.1, -0.05) is 53.8 Å². The molecule has 24 heavy (non-hydrogen) atoms. The SMILES string of the molecule is CC1(C)SC(=S)N(c2ccccc2)[C@@H]1/[N+]([O-])=C/c1ccc(Cl)cc1. The maximum Gasteiger partial charge on any atom is 0.258 e. The Hall–Kier alpha value is -1.56. The second kappa shape index (κ2) is 6.75. The number of thiocarbonyl (C=S) groups is 1. The van der Waals surface area contributed by atoms with Gasteiger partial charge < -0.3 is 5.21 Å². The number of rotatable bonds is 3. The lowest BCUT2D eigenvalue weighted by atomic mass is 10.1. The number of para-hydroxylation sites is 1. The van der Waals surface area contributed by atoms with Crippen molar-refractivity contribution in [3.8, 4) is 0 Å². The Morgan fingerprint density at radius 1 is 1.17 bits per heavy atom. The van der Waals surface area contributed by atoms with Gasteiger partial charge >= 0.3 is 0 Å². The van der Waals surface area contributed by atoms with Crippen molar-refractivity contribution in [3.63, 3.8) is 0 Å². The van der Waals surface area contributed by atoms with Gasteiger partial charge in [0.2, 0.25) is 0 Å². The fourth-order valence-electron chi connectivity index (χ4n) is 2.76. The summed E-state index contributed by atoms with van der Waals surface area (Å²) in [6.45, 7) is 4.08. The second-order valence-electron chi connectivity index (χ2n) is 6.09. The van der Waals surface area contributed by atoms with Crippen LogP contribution in [-0.2, 0) is 0 Å². The third-order valence-corrected chi connectivity index (χ3v) is 5.64. The molecule has 1 saturated heterocycles. The minimum Gasteiger partial charge on any atom is -0.622 e. The van der Waals surface area contributed by atoms with Crippen molar-refractivity contribution in [2.45, 2.75) is 24.8 Å². The highest BCUT2D eigenvalue weighted by Crippen LogP contribution is 2.43. The molecule has 0 saturated carbocycles. The van der Waals surface area contributed by atoms with E-state index in [-0.39, 0.29) is 4.75 Å². The van der Waals surface area contributed by atoms with Crippen LogP contribution in [0.3, 0.4) is 0 Å². The van der Waals surface area contributed by atoms with Crippen LogP contribution in [0.1, 0.15) is 19.4 Å². The second-order valence-corrected chi connectivity index (χ2v) is 8.82. The van der Waals surface area contributed by atoms with Gasteiger partial charge in [-0.25, -0.2) is 0 Å². The van der Waals surface area contributed by atoms with E-state index in [0.717, 1.165) is 16.0 Å². The number of anilines is 1. The molecule has 0 radical (unpaired) electrons. The minimum atomic E-state index is -0.423. The van der Waals surface area contributed by atoms with Crippen LogP contribution < -0.4 is 4.90 Å². The van der Waals surface area contributed by atoms with Crippen molar-refractivity contribution in [3.05, 3.63) is 70.4 Å². The van der Waals surface area contributed by atoms with E-state index in [1.807, 2.05) is 61.2 Å². The summed E-state index contributed by atoms with van der Waals surface area (Å²) in [6, 6.07) is 17.0. The normalized spacial score (nSPS) is 20.5. The molecule has 124 valence electrons. The fraction of sp³-hybridized carbons (Fsp3) is 0.222. The Kier molecular flexibility index (Phi) is 4.85. The fourth-order valence-corrected chi connectivity index (χ4v) is 4.80. The molecule has 0 amide bonds. The molecule has 2 aromatic carbocycles. The Morgan fingerprint density at radius 2 is 1.79 bits per heavy atom. The quantitative estimate of drug-likeness (QED) is 0.250. The zero-order chi connectivity index (χ0) is 17.3. The predicted octanol–water partition coefficient (Wildman–Crippen LogP) is 4.91. The molecule has 3 nitrogen and oxygen atoms in total. The molecule has 0 unspecified atom stereocenters. The highest BCUT2D eigenvalue weighted by atomic mass is 35.5. The lowest BCUT2D eigenvalue weighted by Gasteiger charge is -2.29. The zero-order valence-electron chi connectivity index (χ0n) is 13.3. The average molecular weight is 377 g/mol. The number of hydrogen-bond donors (Lipinski definition) is 0. The molecule has 0 bridgehead atoms. The monoisotopic (exact) mass is 376 g/mol. The van der Waals surface area contributed by atoms with Crippen LogP contribution >= 0.6 is 35.6 Å². The first-order chi connectivity index (χ1) is 11.4. The first kappa shape index (κ1) is 17.3. The van der Waals surface area contributed by atoms with Crippen molar-refractivity contribution >= 4 is 51.8 Å². The van der Waals surface area contributed by atoms with Crippen molar-refractivity contribution in [1.29, 1.82) is 0 Å². The lowest BCUT2D eigenvalue weighted by molar-refractivity contribution is -0.497. The highest BCUT2D eigenvalue weighted by Gasteiger charge is 2.51. The maximum atomic E-state index is 13.0. The molecule has 0 aliphatic carbocycles. The third-order valence-electron chi connectivity index (χ3n) is 3.84. The summed E-state index contributed by atoms with van der Waals surface area (Å²) >= 11 is 13.0. The van der Waals surface area contributed by atoms with Crippen molar-refractivity contribution in [1.82, 2.24) is 0 Å². The van der Waals surface area contributed by atoms with Crippen LogP contribution in [0.5, 0.6) is 0 Å². The summed E-state index contributed by atoms with van der Waals surface area (Å²) in [6.07, 6.45) is 1.17. The van der Waals surface area contributed by atoms with Crippen LogP contribution in [0, 0.1) is 5.21 Å². The van der Waals surface area contributed by atoms with E-state index in [4.69, 9.17) is 23.8 Å². The molecule has 3 rings (SSSR count). The minimum absolute atomic E-state index is 0.336.